The molecule has 162 valence electrons. The zero-order chi connectivity index (χ0) is 22.7. The highest BCUT2D eigenvalue weighted by molar-refractivity contribution is 6.18. The van der Waals surface area contributed by atoms with Gasteiger partial charge in [-0.1, -0.05) is 36.4 Å². The lowest BCUT2D eigenvalue weighted by atomic mass is 9.69. The molecule has 32 heavy (non-hydrogen) atoms. The molecule has 2 aromatic carbocycles. The quantitative estimate of drug-likeness (QED) is 0.648. The van der Waals surface area contributed by atoms with Crippen molar-refractivity contribution in [3.05, 3.63) is 101 Å². The Kier molecular flexibility index (Phi) is 4.39. The Hall–Kier alpha value is -3.64. The molecule has 0 radical (unpaired) electrons. The van der Waals surface area contributed by atoms with E-state index < -0.39 is 11.1 Å². The maximum absolute atomic E-state index is 14.0. The van der Waals surface area contributed by atoms with E-state index in [1.807, 2.05) is 30.3 Å². The number of carbonyl (C=O) groups excluding carboxylic acids is 2. The molecule has 0 amide bonds. The van der Waals surface area contributed by atoms with Crippen LogP contribution in [0.1, 0.15) is 41.0 Å². The fourth-order valence-electron chi connectivity index (χ4n) is 5.51. The van der Waals surface area contributed by atoms with Crippen LogP contribution in [-0.2, 0) is 22.5 Å². The van der Waals surface area contributed by atoms with Crippen molar-refractivity contribution in [3.8, 4) is 5.75 Å². The molecule has 0 saturated carbocycles. The van der Waals surface area contributed by atoms with Gasteiger partial charge in [-0.25, -0.2) is 0 Å². The minimum Gasteiger partial charge on any atom is -0.497 e. The van der Waals surface area contributed by atoms with Crippen LogP contribution in [0.4, 0.5) is 0 Å². The molecular formula is C26H24N2O4. The van der Waals surface area contributed by atoms with Crippen LogP contribution in [0.5, 0.6) is 5.75 Å². The fraction of sp³-hybridized carbons (Fsp3) is 0.231. The number of benzene rings is 2. The summed E-state index contributed by atoms with van der Waals surface area (Å²) in [5, 5.41) is 12.6. The van der Waals surface area contributed by atoms with Gasteiger partial charge in [0.1, 0.15) is 5.75 Å². The second-order valence-corrected chi connectivity index (χ2v) is 8.33. The molecule has 0 fully saturated rings. The van der Waals surface area contributed by atoms with Gasteiger partial charge in [-0.3, -0.25) is 9.59 Å². The summed E-state index contributed by atoms with van der Waals surface area (Å²) >= 11 is 0. The third-order valence-corrected chi connectivity index (χ3v) is 6.80. The average Bonchev–Trinajstić information content (AvgIpc) is 3.44. The van der Waals surface area contributed by atoms with Gasteiger partial charge < -0.3 is 19.7 Å². The number of rotatable bonds is 5. The Morgan fingerprint density at radius 2 is 1.81 bits per heavy atom. The topological polar surface area (TPSA) is 82.6 Å². The molecule has 2 unspecified atom stereocenters. The van der Waals surface area contributed by atoms with Crippen LogP contribution in [0.25, 0.3) is 0 Å². The predicted octanol–water partition coefficient (Wildman–Crippen LogP) is 3.68. The van der Waals surface area contributed by atoms with E-state index in [0.29, 0.717) is 34.6 Å². The van der Waals surface area contributed by atoms with Crippen LogP contribution in [0, 0.1) is 0 Å². The number of fused-ring (bicyclic) bond motifs is 3. The second-order valence-electron chi connectivity index (χ2n) is 8.33. The number of hydrogen-bond donors (Lipinski definition) is 2. The summed E-state index contributed by atoms with van der Waals surface area (Å²) in [4.78, 5) is 32.0. The highest BCUT2D eigenvalue weighted by atomic mass is 16.5. The van der Waals surface area contributed by atoms with Crippen molar-refractivity contribution in [2.75, 3.05) is 7.11 Å². The van der Waals surface area contributed by atoms with Gasteiger partial charge in [-0.15, -0.1) is 0 Å². The molecule has 0 bridgehead atoms. The number of carbonyl (C=O) groups is 2. The van der Waals surface area contributed by atoms with Crippen molar-refractivity contribution in [2.24, 2.45) is 0 Å². The van der Waals surface area contributed by atoms with Gasteiger partial charge in [0.15, 0.2) is 22.7 Å². The third kappa shape index (κ3) is 2.33. The smallest absolute Gasteiger partial charge is 0.188 e. The van der Waals surface area contributed by atoms with E-state index in [4.69, 9.17) is 4.74 Å². The van der Waals surface area contributed by atoms with E-state index in [1.165, 1.54) is 6.92 Å². The monoisotopic (exact) mass is 428 g/mol. The number of nitrogens with one attached hydrogen (secondary N) is 1. The van der Waals surface area contributed by atoms with Crippen molar-refractivity contribution in [1.82, 2.24) is 9.88 Å². The van der Waals surface area contributed by atoms with Crippen molar-refractivity contribution >= 4 is 11.6 Å². The van der Waals surface area contributed by atoms with E-state index >= 15 is 0 Å². The SMILES string of the molecule is COc1ccc(CN2C(C)=C(C(C)=O)C3(c4ccc[nH]4)C(=O)c4ccccc4C23O)cc1. The first-order valence-electron chi connectivity index (χ1n) is 10.5. The number of hydrogen-bond acceptors (Lipinski definition) is 5. The molecule has 6 heteroatoms. The van der Waals surface area contributed by atoms with Crippen molar-refractivity contribution in [3.63, 3.8) is 0 Å². The Morgan fingerprint density at radius 1 is 1.09 bits per heavy atom. The van der Waals surface area contributed by atoms with Gasteiger partial charge in [0.2, 0.25) is 0 Å². The highest BCUT2D eigenvalue weighted by Gasteiger charge is 2.73. The second kappa shape index (κ2) is 6.93. The van der Waals surface area contributed by atoms with Gasteiger partial charge in [-0.05, 0) is 43.7 Å². The predicted molar refractivity (Wildman–Crippen MR) is 119 cm³/mol. The fourth-order valence-corrected chi connectivity index (χ4v) is 5.51. The lowest BCUT2D eigenvalue weighted by Gasteiger charge is -2.42. The number of methoxy groups -OCH3 is 1. The molecule has 6 nitrogen and oxygen atoms in total. The van der Waals surface area contributed by atoms with Crippen molar-refractivity contribution in [1.29, 1.82) is 0 Å². The molecule has 0 saturated heterocycles. The molecule has 2 N–H and O–H groups in total. The lowest BCUT2D eigenvalue weighted by molar-refractivity contribution is -0.123. The Balaban J connectivity index is 1.79. The van der Waals surface area contributed by atoms with Gasteiger partial charge >= 0.3 is 0 Å². The summed E-state index contributed by atoms with van der Waals surface area (Å²) in [5.74, 6) is 0.210. The summed E-state index contributed by atoms with van der Waals surface area (Å²) in [6.45, 7) is 3.57. The van der Waals surface area contributed by atoms with E-state index in [9.17, 15) is 14.7 Å². The van der Waals surface area contributed by atoms with Gasteiger partial charge in [0.25, 0.3) is 0 Å². The van der Waals surface area contributed by atoms with Crippen LogP contribution in [-0.4, -0.2) is 33.7 Å². The summed E-state index contributed by atoms with van der Waals surface area (Å²) in [7, 11) is 1.61. The maximum atomic E-state index is 14.0. The zero-order valence-electron chi connectivity index (χ0n) is 18.2. The molecule has 0 spiro atoms. The molecule has 3 aromatic rings. The minimum absolute atomic E-state index is 0.242. The normalized spacial score (nSPS) is 24.0. The third-order valence-electron chi connectivity index (χ3n) is 6.80. The summed E-state index contributed by atoms with van der Waals surface area (Å²) < 4.78 is 5.26. The van der Waals surface area contributed by atoms with Crippen LogP contribution in [0.15, 0.2) is 78.1 Å². The average molecular weight is 428 g/mol. The first-order chi connectivity index (χ1) is 15.4. The number of Topliss-reactive ketones (excluding diaryl/α,β-unsaturated/α-hetero) is 2. The lowest BCUT2D eigenvalue weighted by Crippen LogP contribution is -2.55. The van der Waals surface area contributed by atoms with E-state index in [1.54, 1.807) is 55.5 Å². The Labute approximate surface area is 186 Å². The molecule has 1 aromatic heterocycles. The van der Waals surface area contributed by atoms with Crippen molar-refractivity contribution in [2.45, 2.75) is 31.5 Å². The molecule has 1 aliphatic carbocycles. The van der Waals surface area contributed by atoms with Crippen LogP contribution in [0.3, 0.4) is 0 Å². The van der Waals surface area contributed by atoms with Crippen molar-refractivity contribution < 1.29 is 19.4 Å². The number of aromatic amines is 1. The van der Waals surface area contributed by atoms with E-state index in [2.05, 4.69) is 4.98 Å². The molecule has 2 atom stereocenters. The zero-order valence-corrected chi connectivity index (χ0v) is 18.2. The van der Waals surface area contributed by atoms with Gasteiger partial charge in [0.05, 0.1) is 7.11 Å². The number of allylic oxidation sites excluding steroid dienone is 1. The van der Waals surface area contributed by atoms with Crippen LogP contribution >= 0.6 is 0 Å². The maximum Gasteiger partial charge on any atom is 0.188 e. The Morgan fingerprint density at radius 3 is 2.44 bits per heavy atom. The van der Waals surface area contributed by atoms with Crippen LogP contribution in [0.2, 0.25) is 0 Å². The summed E-state index contributed by atoms with van der Waals surface area (Å²) in [6.07, 6.45) is 1.71. The standard InChI is InChI=1S/C26H24N2O4/c1-16-23(17(2)29)25(22-9-6-14-27-22)24(30)20-7-4-5-8-21(20)26(25,31)28(16)15-18-10-12-19(32-3)13-11-18/h4-14,27,31H,15H2,1-3H3. The number of nitrogens with zero attached hydrogens (tertiary/aromatic N) is 1. The number of ether oxygens (including phenoxy) is 1. The summed E-state index contributed by atoms with van der Waals surface area (Å²) in [5.41, 5.74) is -0.0626. The first kappa shape index (κ1) is 20.3. The first-order valence-corrected chi connectivity index (χ1v) is 10.5. The largest absolute Gasteiger partial charge is 0.497 e. The molecular weight excluding hydrogens is 404 g/mol. The van der Waals surface area contributed by atoms with Crippen LogP contribution < -0.4 is 4.74 Å². The summed E-state index contributed by atoms with van der Waals surface area (Å²) in [6, 6.07) is 18.2. The molecule has 1 aliphatic heterocycles. The number of H-pyrrole nitrogens is 1. The minimum atomic E-state index is -1.75. The number of aliphatic hydroxyl groups is 1. The van der Waals surface area contributed by atoms with Gasteiger partial charge in [0, 0.05) is 40.8 Å². The molecule has 5 rings (SSSR count). The molecule has 2 heterocycles. The van der Waals surface area contributed by atoms with E-state index in [0.717, 1.165) is 11.3 Å². The van der Waals surface area contributed by atoms with E-state index in [-0.39, 0.29) is 11.6 Å². The van der Waals surface area contributed by atoms with Gasteiger partial charge in [-0.2, -0.15) is 0 Å². The highest BCUT2D eigenvalue weighted by Crippen LogP contribution is 2.62. The Bertz CT molecular complexity index is 1260. The molecule has 2 aliphatic rings. The number of ketones is 2. The number of aromatic nitrogens is 1.